The zero-order chi connectivity index (χ0) is 10.9. The topological polar surface area (TPSA) is 12.0 Å². The predicted octanol–water partition coefficient (Wildman–Crippen LogP) is 3.72. The van der Waals surface area contributed by atoms with Crippen molar-refractivity contribution in [3.8, 4) is 0 Å². The first kappa shape index (κ1) is 11.2. The SMILES string of the molecule is Cc1ccc(CNC2CCCC2(C)C)s1. The highest BCUT2D eigenvalue weighted by molar-refractivity contribution is 7.11. The fraction of sp³-hybridized carbons (Fsp3) is 0.692. The standard InChI is InChI=1S/C13H21NS/c1-10-6-7-11(15-10)9-14-12-5-4-8-13(12,2)3/h6-7,12,14H,4-5,8-9H2,1-3H3. The first-order chi connectivity index (χ1) is 7.08. The lowest BCUT2D eigenvalue weighted by molar-refractivity contribution is 0.283. The van der Waals surface area contributed by atoms with Gasteiger partial charge in [-0.1, -0.05) is 20.3 Å². The van der Waals surface area contributed by atoms with Gasteiger partial charge in [0.25, 0.3) is 0 Å². The summed E-state index contributed by atoms with van der Waals surface area (Å²) in [4.78, 5) is 2.88. The molecule has 0 amide bonds. The second kappa shape index (κ2) is 4.26. The molecule has 1 aliphatic rings. The molecule has 1 unspecified atom stereocenters. The molecule has 1 aromatic heterocycles. The smallest absolute Gasteiger partial charge is 0.0302 e. The number of thiophene rings is 1. The summed E-state index contributed by atoms with van der Waals surface area (Å²) in [5.74, 6) is 0. The molecule has 1 fully saturated rings. The molecule has 1 atom stereocenters. The molecule has 1 aliphatic carbocycles. The van der Waals surface area contributed by atoms with Gasteiger partial charge in [-0.05, 0) is 37.3 Å². The third-order valence-corrected chi connectivity index (χ3v) is 4.58. The van der Waals surface area contributed by atoms with E-state index in [1.54, 1.807) is 0 Å². The highest BCUT2D eigenvalue weighted by Crippen LogP contribution is 2.37. The Morgan fingerprint density at radius 2 is 2.27 bits per heavy atom. The first-order valence-electron chi connectivity index (χ1n) is 5.87. The van der Waals surface area contributed by atoms with Crippen LogP contribution in [0.4, 0.5) is 0 Å². The van der Waals surface area contributed by atoms with Crippen molar-refractivity contribution in [1.82, 2.24) is 5.32 Å². The van der Waals surface area contributed by atoms with Gasteiger partial charge in [-0.2, -0.15) is 0 Å². The molecule has 15 heavy (non-hydrogen) atoms. The van der Waals surface area contributed by atoms with Crippen LogP contribution in [0.2, 0.25) is 0 Å². The Kier molecular flexibility index (Phi) is 3.17. The molecule has 0 aromatic carbocycles. The van der Waals surface area contributed by atoms with E-state index < -0.39 is 0 Å². The average molecular weight is 223 g/mol. The monoisotopic (exact) mass is 223 g/mol. The Morgan fingerprint density at radius 3 is 2.80 bits per heavy atom. The zero-order valence-electron chi connectivity index (χ0n) is 9.97. The van der Waals surface area contributed by atoms with E-state index in [4.69, 9.17) is 0 Å². The molecule has 1 nitrogen and oxygen atoms in total. The fourth-order valence-electron chi connectivity index (χ4n) is 2.51. The van der Waals surface area contributed by atoms with E-state index in [0.717, 1.165) is 6.54 Å². The minimum absolute atomic E-state index is 0.492. The molecule has 1 saturated carbocycles. The van der Waals surface area contributed by atoms with E-state index >= 15 is 0 Å². The van der Waals surface area contributed by atoms with Crippen molar-refractivity contribution in [2.24, 2.45) is 5.41 Å². The molecule has 0 spiro atoms. The molecule has 1 heterocycles. The maximum Gasteiger partial charge on any atom is 0.0302 e. The summed E-state index contributed by atoms with van der Waals surface area (Å²) in [5, 5.41) is 3.71. The maximum atomic E-state index is 3.71. The second-order valence-corrected chi connectivity index (χ2v) is 6.70. The van der Waals surface area contributed by atoms with Crippen LogP contribution in [0, 0.1) is 12.3 Å². The van der Waals surface area contributed by atoms with Gasteiger partial charge in [0.15, 0.2) is 0 Å². The van der Waals surface area contributed by atoms with Crippen LogP contribution >= 0.6 is 11.3 Å². The normalized spacial score (nSPS) is 24.6. The van der Waals surface area contributed by atoms with E-state index in [-0.39, 0.29) is 0 Å². The highest BCUT2D eigenvalue weighted by atomic mass is 32.1. The van der Waals surface area contributed by atoms with Crippen LogP contribution in [0.25, 0.3) is 0 Å². The second-order valence-electron chi connectivity index (χ2n) is 5.33. The van der Waals surface area contributed by atoms with E-state index in [0.29, 0.717) is 11.5 Å². The molecular formula is C13H21NS. The third kappa shape index (κ3) is 2.61. The summed E-state index contributed by atoms with van der Waals surface area (Å²) in [6.07, 6.45) is 4.10. The van der Waals surface area contributed by atoms with Gasteiger partial charge in [-0.15, -0.1) is 11.3 Å². The van der Waals surface area contributed by atoms with Gasteiger partial charge >= 0.3 is 0 Å². The van der Waals surface area contributed by atoms with Crippen molar-refractivity contribution >= 4 is 11.3 Å². The molecule has 1 aromatic rings. The minimum atomic E-state index is 0.492. The van der Waals surface area contributed by atoms with E-state index in [2.05, 4.69) is 38.2 Å². The van der Waals surface area contributed by atoms with Gasteiger partial charge in [0.1, 0.15) is 0 Å². The largest absolute Gasteiger partial charge is 0.309 e. The Hall–Kier alpha value is -0.340. The summed E-state index contributed by atoms with van der Waals surface area (Å²) in [6.45, 7) is 7.99. The van der Waals surface area contributed by atoms with E-state index in [1.807, 2.05) is 11.3 Å². The maximum absolute atomic E-state index is 3.71. The van der Waals surface area contributed by atoms with Crippen LogP contribution in [-0.2, 0) is 6.54 Å². The Labute approximate surface area is 96.9 Å². The quantitative estimate of drug-likeness (QED) is 0.823. The van der Waals surface area contributed by atoms with E-state index in [1.165, 1.54) is 29.0 Å². The molecule has 0 saturated heterocycles. The van der Waals surface area contributed by atoms with Gasteiger partial charge < -0.3 is 5.32 Å². The fourth-order valence-corrected chi connectivity index (χ4v) is 3.35. The highest BCUT2D eigenvalue weighted by Gasteiger charge is 2.33. The lowest BCUT2D eigenvalue weighted by atomic mass is 9.87. The Balaban J connectivity index is 1.88. The average Bonchev–Trinajstić information content (AvgIpc) is 2.69. The Morgan fingerprint density at radius 1 is 1.47 bits per heavy atom. The summed E-state index contributed by atoms with van der Waals surface area (Å²) < 4.78 is 0. The van der Waals surface area contributed by atoms with Crippen molar-refractivity contribution in [1.29, 1.82) is 0 Å². The van der Waals surface area contributed by atoms with Gasteiger partial charge in [0.05, 0.1) is 0 Å². The van der Waals surface area contributed by atoms with Crippen LogP contribution in [0.1, 0.15) is 42.9 Å². The van der Waals surface area contributed by atoms with Crippen molar-refractivity contribution in [3.63, 3.8) is 0 Å². The molecule has 2 rings (SSSR count). The van der Waals surface area contributed by atoms with Crippen molar-refractivity contribution in [3.05, 3.63) is 21.9 Å². The number of nitrogens with one attached hydrogen (secondary N) is 1. The Bertz CT molecular complexity index is 327. The third-order valence-electron chi connectivity index (χ3n) is 3.58. The molecule has 0 bridgehead atoms. The van der Waals surface area contributed by atoms with Crippen molar-refractivity contribution in [2.75, 3.05) is 0 Å². The zero-order valence-corrected chi connectivity index (χ0v) is 10.8. The van der Waals surface area contributed by atoms with Gasteiger partial charge in [-0.25, -0.2) is 0 Å². The van der Waals surface area contributed by atoms with Gasteiger partial charge in [0, 0.05) is 22.3 Å². The van der Waals surface area contributed by atoms with Crippen molar-refractivity contribution < 1.29 is 0 Å². The van der Waals surface area contributed by atoms with Crippen LogP contribution < -0.4 is 5.32 Å². The molecular weight excluding hydrogens is 202 g/mol. The summed E-state index contributed by atoms with van der Waals surface area (Å²) in [7, 11) is 0. The number of aryl methyl sites for hydroxylation is 1. The van der Waals surface area contributed by atoms with Gasteiger partial charge in [-0.3, -0.25) is 0 Å². The number of rotatable bonds is 3. The minimum Gasteiger partial charge on any atom is -0.309 e. The molecule has 0 aliphatic heterocycles. The van der Waals surface area contributed by atoms with Crippen LogP contribution in [0.5, 0.6) is 0 Å². The van der Waals surface area contributed by atoms with E-state index in [9.17, 15) is 0 Å². The molecule has 0 radical (unpaired) electrons. The number of hydrogen-bond donors (Lipinski definition) is 1. The van der Waals surface area contributed by atoms with Crippen molar-refractivity contribution in [2.45, 2.75) is 52.6 Å². The summed E-state index contributed by atoms with van der Waals surface area (Å²) in [5.41, 5.74) is 0.492. The first-order valence-corrected chi connectivity index (χ1v) is 6.68. The number of hydrogen-bond acceptors (Lipinski definition) is 2. The van der Waals surface area contributed by atoms with Crippen LogP contribution in [0.15, 0.2) is 12.1 Å². The predicted molar refractivity (Wildman–Crippen MR) is 67.3 cm³/mol. The molecule has 84 valence electrons. The van der Waals surface area contributed by atoms with Crippen LogP contribution in [0.3, 0.4) is 0 Å². The van der Waals surface area contributed by atoms with Crippen LogP contribution in [-0.4, -0.2) is 6.04 Å². The molecule has 2 heteroatoms. The summed E-state index contributed by atoms with van der Waals surface area (Å²) >= 11 is 1.91. The lowest BCUT2D eigenvalue weighted by Gasteiger charge is -2.27. The summed E-state index contributed by atoms with van der Waals surface area (Å²) in [6, 6.07) is 5.16. The lowest BCUT2D eigenvalue weighted by Crippen LogP contribution is -2.36. The van der Waals surface area contributed by atoms with Gasteiger partial charge in [0.2, 0.25) is 0 Å². The molecule has 1 N–H and O–H groups in total.